The predicted octanol–water partition coefficient (Wildman–Crippen LogP) is 2.30. The smallest absolute Gasteiger partial charge is 0.372 e. The van der Waals surface area contributed by atoms with Crippen LogP contribution in [0.25, 0.3) is 0 Å². The molecule has 21 heavy (non-hydrogen) atoms. The molecule has 2 aromatic rings. The maximum atomic E-state index is 10.9. The number of fused-ring (bicyclic) bond motifs is 1. The molecule has 6 heteroatoms. The van der Waals surface area contributed by atoms with Crippen molar-refractivity contribution in [1.82, 2.24) is 5.32 Å². The van der Waals surface area contributed by atoms with E-state index in [1.54, 1.807) is 13.0 Å². The fraction of sp³-hybridized carbons (Fsp3) is 0.267. The Hall–Kier alpha value is -2.47. The molecule has 0 saturated carbocycles. The minimum absolute atomic E-state index is 0.00474. The standard InChI is InChI=1S/C15H15NO5/c1-9-4-11(21-14(9)15(17)18)7-16-6-10-2-3-12-13(5-10)20-8-19-12/h2-5,16H,6-8H2,1H3,(H,17,18). The zero-order chi connectivity index (χ0) is 14.8. The van der Waals surface area contributed by atoms with Crippen LogP contribution in [0.4, 0.5) is 0 Å². The van der Waals surface area contributed by atoms with Crippen LogP contribution < -0.4 is 14.8 Å². The van der Waals surface area contributed by atoms with Gasteiger partial charge in [-0.05, 0) is 30.7 Å². The van der Waals surface area contributed by atoms with Crippen LogP contribution in [0.15, 0.2) is 28.7 Å². The molecule has 0 fully saturated rings. The molecule has 0 aliphatic carbocycles. The highest BCUT2D eigenvalue weighted by molar-refractivity contribution is 5.86. The van der Waals surface area contributed by atoms with Crippen molar-refractivity contribution in [3.8, 4) is 11.5 Å². The Bertz CT molecular complexity index is 677. The van der Waals surface area contributed by atoms with Crippen LogP contribution in [0, 0.1) is 6.92 Å². The number of benzene rings is 1. The lowest BCUT2D eigenvalue weighted by atomic mass is 10.2. The Morgan fingerprint density at radius 3 is 2.81 bits per heavy atom. The molecule has 0 unspecified atom stereocenters. The lowest BCUT2D eigenvalue weighted by molar-refractivity contribution is 0.0659. The highest BCUT2D eigenvalue weighted by Gasteiger charge is 2.15. The van der Waals surface area contributed by atoms with E-state index in [1.807, 2.05) is 18.2 Å². The number of hydrogen-bond donors (Lipinski definition) is 2. The van der Waals surface area contributed by atoms with Crippen LogP contribution >= 0.6 is 0 Å². The van der Waals surface area contributed by atoms with Gasteiger partial charge in [0, 0.05) is 12.1 Å². The second kappa shape index (κ2) is 5.49. The van der Waals surface area contributed by atoms with Gasteiger partial charge in [0.1, 0.15) is 5.76 Å². The zero-order valence-electron chi connectivity index (χ0n) is 11.5. The van der Waals surface area contributed by atoms with Gasteiger partial charge in [-0.15, -0.1) is 0 Å². The van der Waals surface area contributed by atoms with E-state index in [0.29, 0.717) is 24.4 Å². The quantitative estimate of drug-likeness (QED) is 0.879. The van der Waals surface area contributed by atoms with Crippen molar-refractivity contribution in [3.05, 3.63) is 46.9 Å². The number of rotatable bonds is 5. The van der Waals surface area contributed by atoms with Crippen LogP contribution in [-0.4, -0.2) is 17.9 Å². The van der Waals surface area contributed by atoms with E-state index >= 15 is 0 Å². The van der Waals surface area contributed by atoms with Crippen LogP contribution in [0.5, 0.6) is 11.5 Å². The third-order valence-corrected chi connectivity index (χ3v) is 3.23. The summed E-state index contributed by atoms with van der Waals surface area (Å²) in [6, 6.07) is 7.48. The Kier molecular flexibility index (Phi) is 3.53. The van der Waals surface area contributed by atoms with Gasteiger partial charge in [-0.25, -0.2) is 4.79 Å². The number of carbonyl (C=O) groups is 1. The third-order valence-electron chi connectivity index (χ3n) is 3.23. The van der Waals surface area contributed by atoms with Crippen molar-refractivity contribution in [2.75, 3.05) is 6.79 Å². The fourth-order valence-corrected chi connectivity index (χ4v) is 2.23. The second-order valence-corrected chi connectivity index (χ2v) is 4.82. The zero-order valence-corrected chi connectivity index (χ0v) is 11.5. The Morgan fingerprint density at radius 2 is 2.05 bits per heavy atom. The normalized spacial score (nSPS) is 12.6. The molecular weight excluding hydrogens is 274 g/mol. The minimum Gasteiger partial charge on any atom is -0.475 e. The summed E-state index contributed by atoms with van der Waals surface area (Å²) in [5.74, 6) is 1.05. The summed E-state index contributed by atoms with van der Waals surface area (Å²) >= 11 is 0. The number of hydrogen-bond acceptors (Lipinski definition) is 5. The molecule has 0 radical (unpaired) electrons. The fourth-order valence-electron chi connectivity index (χ4n) is 2.23. The van der Waals surface area contributed by atoms with Gasteiger partial charge in [-0.1, -0.05) is 6.07 Å². The van der Waals surface area contributed by atoms with Crippen LogP contribution in [0.3, 0.4) is 0 Å². The number of aryl methyl sites for hydroxylation is 1. The summed E-state index contributed by atoms with van der Waals surface area (Å²) in [4.78, 5) is 10.9. The van der Waals surface area contributed by atoms with Crippen molar-refractivity contribution in [2.45, 2.75) is 20.0 Å². The number of carboxylic acids is 1. The van der Waals surface area contributed by atoms with Gasteiger partial charge < -0.3 is 24.3 Å². The molecule has 1 aromatic carbocycles. The molecule has 0 saturated heterocycles. The van der Waals surface area contributed by atoms with E-state index < -0.39 is 5.97 Å². The molecule has 0 amide bonds. The van der Waals surface area contributed by atoms with Crippen LogP contribution in [0.1, 0.15) is 27.4 Å². The molecule has 3 rings (SSSR count). The monoisotopic (exact) mass is 289 g/mol. The topological polar surface area (TPSA) is 80.9 Å². The molecule has 0 spiro atoms. The van der Waals surface area contributed by atoms with Crippen LogP contribution in [0.2, 0.25) is 0 Å². The summed E-state index contributed by atoms with van der Waals surface area (Å²) in [5.41, 5.74) is 1.68. The Balaban J connectivity index is 1.59. The van der Waals surface area contributed by atoms with Crippen molar-refractivity contribution in [3.63, 3.8) is 0 Å². The van der Waals surface area contributed by atoms with E-state index in [-0.39, 0.29) is 12.6 Å². The van der Waals surface area contributed by atoms with Crippen molar-refractivity contribution >= 4 is 5.97 Å². The summed E-state index contributed by atoms with van der Waals surface area (Å²) < 4.78 is 15.8. The summed E-state index contributed by atoms with van der Waals surface area (Å²) in [5, 5.41) is 12.1. The molecule has 1 aliphatic heterocycles. The van der Waals surface area contributed by atoms with E-state index in [0.717, 1.165) is 17.1 Å². The van der Waals surface area contributed by atoms with Gasteiger partial charge in [0.15, 0.2) is 11.5 Å². The predicted molar refractivity (Wildman–Crippen MR) is 73.5 cm³/mol. The third kappa shape index (κ3) is 2.85. The number of ether oxygens (including phenoxy) is 2. The molecule has 110 valence electrons. The molecule has 6 nitrogen and oxygen atoms in total. The minimum atomic E-state index is -1.05. The average molecular weight is 289 g/mol. The Morgan fingerprint density at radius 1 is 1.24 bits per heavy atom. The average Bonchev–Trinajstić information content (AvgIpc) is 3.04. The lowest BCUT2D eigenvalue weighted by Crippen LogP contribution is -2.12. The highest BCUT2D eigenvalue weighted by atomic mass is 16.7. The molecule has 2 heterocycles. The van der Waals surface area contributed by atoms with Crippen molar-refractivity contribution < 1.29 is 23.8 Å². The highest BCUT2D eigenvalue weighted by Crippen LogP contribution is 2.32. The number of aromatic carboxylic acids is 1. The summed E-state index contributed by atoms with van der Waals surface area (Å²) in [6.07, 6.45) is 0. The van der Waals surface area contributed by atoms with Gasteiger partial charge in [0.25, 0.3) is 0 Å². The maximum Gasteiger partial charge on any atom is 0.372 e. The number of carboxylic acid groups (broad SMARTS) is 1. The molecule has 1 aromatic heterocycles. The van der Waals surface area contributed by atoms with Crippen LogP contribution in [-0.2, 0) is 13.1 Å². The Labute approximate surface area is 121 Å². The van der Waals surface area contributed by atoms with E-state index in [4.69, 9.17) is 19.0 Å². The van der Waals surface area contributed by atoms with Gasteiger partial charge >= 0.3 is 5.97 Å². The molecule has 1 aliphatic rings. The SMILES string of the molecule is Cc1cc(CNCc2ccc3c(c2)OCO3)oc1C(=O)O. The van der Waals surface area contributed by atoms with Gasteiger partial charge in [0.2, 0.25) is 12.6 Å². The second-order valence-electron chi connectivity index (χ2n) is 4.82. The number of furan rings is 1. The molecule has 2 N–H and O–H groups in total. The molecule has 0 bridgehead atoms. The first-order chi connectivity index (χ1) is 10.1. The first kappa shape index (κ1) is 13.5. The largest absolute Gasteiger partial charge is 0.475 e. The van der Waals surface area contributed by atoms with Crippen molar-refractivity contribution in [2.24, 2.45) is 0 Å². The molecular formula is C15H15NO5. The number of nitrogens with one attached hydrogen (secondary N) is 1. The summed E-state index contributed by atoms with van der Waals surface area (Å²) in [6.45, 7) is 3.06. The first-order valence-electron chi connectivity index (χ1n) is 6.55. The van der Waals surface area contributed by atoms with E-state index in [1.165, 1.54) is 0 Å². The van der Waals surface area contributed by atoms with Gasteiger partial charge in [-0.2, -0.15) is 0 Å². The lowest BCUT2D eigenvalue weighted by Gasteiger charge is -2.04. The maximum absolute atomic E-state index is 10.9. The van der Waals surface area contributed by atoms with Gasteiger partial charge in [-0.3, -0.25) is 0 Å². The summed E-state index contributed by atoms with van der Waals surface area (Å²) in [7, 11) is 0. The van der Waals surface area contributed by atoms with E-state index in [9.17, 15) is 4.79 Å². The van der Waals surface area contributed by atoms with Crippen molar-refractivity contribution in [1.29, 1.82) is 0 Å². The molecule has 0 atom stereocenters. The first-order valence-corrected chi connectivity index (χ1v) is 6.55. The van der Waals surface area contributed by atoms with Gasteiger partial charge in [0.05, 0.1) is 6.54 Å². The van der Waals surface area contributed by atoms with E-state index in [2.05, 4.69) is 5.32 Å².